The Bertz CT molecular complexity index is 679. The van der Waals surface area contributed by atoms with E-state index < -0.39 is 0 Å². The van der Waals surface area contributed by atoms with E-state index in [1.807, 2.05) is 38.3 Å². The van der Waals surface area contributed by atoms with E-state index in [0.29, 0.717) is 5.82 Å². The zero-order chi connectivity index (χ0) is 12.7. The molecule has 0 atom stereocenters. The smallest absolute Gasteiger partial charge is 0.185 e. The molecule has 0 radical (unpaired) electrons. The minimum absolute atomic E-state index is 0.699. The molecule has 3 aromatic rings. The van der Waals surface area contributed by atoms with Gasteiger partial charge in [-0.05, 0) is 32.2 Å². The zero-order valence-electron chi connectivity index (χ0n) is 10.4. The van der Waals surface area contributed by atoms with Gasteiger partial charge in [0, 0.05) is 5.56 Å². The van der Waals surface area contributed by atoms with E-state index in [-0.39, 0.29) is 0 Å². The van der Waals surface area contributed by atoms with Gasteiger partial charge < -0.3 is 4.42 Å². The van der Waals surface area contributed by atoms with E-state index in [2.05, 4.69) is 15.2 Å². The van der Waals surface area contributed by atoms with Crippen LogP contribution in [0.2, 0.25) is 0 Å². The quantitative estimate of drug-likeness (QED) is 0.763. The number of hydrogen-bond acceptors (Lipinski definition) is 4. The molecule has 0 amide bonds. The molecule has 3 aromatic heterocycles. The van der Waals surface area contributed by atoms with Crippen molar-refractivity contribution in [3.63, 3.8) is 0 Å². The molecule has 0 aliphatic rings. The van der Waals surface area contributed by atoms with Gasteiger partial charge in [-0.15, -0.1) is 11.3 Å². The Hall–Kier alpha value is -1.88. The van der Waals surface area contributed by atoms with Crippen LogP contribution in [0.5, 0.6) is 0 Å². The maximum absolute atomic E-state index is 5.61. The molecule has 3 heterocycles. The van der Waals surface area contributed by atoms with Crippen LogP contribution in [0.1, 0.15) is 17.1 Å². The van der Waals surface area contributed by atoms with Crippen molar-refractivity contribution in [2.45, 2.75) is 20.8 Å². The lowest BCUT2D eigenvalue weighted by molar-refractivity contribution is 0.503. The molecular weight excluding hydrogens is 246 g/mol. The summed E-state index contributed by atoms with van der Waals surface area (Å²) in [7, 11) is 0. The molecule has 0 aliphatic carbocycles. The lowest BCUT2D eigenvalue weighted by Gasteiger charge is -1.93. The summed E-state index contributed by atoms with van der Waals surface area (Å²) < 4.78 is 5.61. The molecule has 5 heteroatoms. The number of hydrogen-bond donors (Lipinski definition) is 1. The lowest BCUT2D eigenvalue weighted by atomic mass is 10.1. The van der Waals surface area contributed by atoms with Crippen molar-refractivity contribution >= 4 is 11.3 Å². The van der Waals surface area contributed by atoms with Crippen LogP contribution in [0.25, 0.3) is 22.1 Å². The van der Waals surface area contributed by atoms with E-state index in [0.717, 1.165) is 33.3 Å². The monoisotopic (exact) mass is 259 g/mol. The first-order valence-corrected chi connectivity index (χ1v) is 6.58. The van der Waals surface area contributed by atoms with Crippen molar-refractivity contribution in [1.29, 1.82) is 0 Å². The minimum atomic E-state index is 0.699. The Morgan fingerprint density at radius 1 is 1.22 bits per heavy atom. The number of nitrogens with one attached hydrogen (secondary N) is 1. The van der Waals surface area contributed by atoms with Crippen LogP contribution in [0.3, 0.4) is 0 Å². The lowest BCUT2D eigenvalue weighted by Crippen LogP contribution is -1.84. The van der Waals surface area contributed by atoms with Crippen LogP contribution in [0.4, 0.5) is 0 Å². The van der Waals surface area contributed by atoms with Gasteiger partial charge in [0.25, 0.3) is 0 Å². The predicted octanol–water partition coefficient (Wildman–Crippen LogP) is 3.72. The van der Waals surface area contributed by atoms with Crippen LogP contribution < -0.4 is 0 Å². The Morgan fingerprint density at radius 2 is 2.06 bits per heavy atom. The first-order chi connectivity index (χ1) is 8.66. The highest BCUT2D eigenvalue weighted by Gasteiger charge is 2.17. The second-order valence-electron chi connectivity index (χ2n) is 4.20. The third kappa shape index (κ3) is 1.67. The largest absolute Gasteiger partial charge is 0.466 e. The maximum atomic E-state index is 5.61. The minimum Gasteiger partial charge on any atom is -0.466 e. The number of H-pyrrole nitrogens is 1. The molecule has 1 N–H and O–H groups in total. The number of rotatable bonds is 2. The van der Waals surface area contributed by atoms with Gasteiger partial charge in [-0.1, -0.05) is 6.07 Å². The summed E-state index contributed by atoms with van der Waals surface area (Å²) in [6, 6.07) is 4.02. The fraction of sp³-hybridized carbons (Fsp3) is 0.231. The zero-order valence-corrected chi connectivity index (χ0v) is 11.3. The summed E-state index contributed by atoms with van der Waals surface area (Å²) in [6.45, 7) is 5.93. The predicted molar refractivity (Wildman–Crippen MR) is 71.6 cm³/mol. The molecule has 3 rings (SSSR count). The first kappa shape index (κ1) is 11.2. The number of furan rings is 1. The summed E-state index contributed by atoms with van der Waals surface area (Å²) in [4.78, 5) is 5.63. The van der Waals surface area contributed by atoms with E-state index in [9.17, 15) is 0 Å². The fourth-order valence-corrected chi connectivity index (χ4v) is 2.68. The third-order valence-electron chi connectivity index (χ3n) is 3.02. The Balaban J connectivity index is 2.08. The number of aryl methyl sites for hydroxylation is 2. The summed E-state index contributed by atoms with van der Waals surface area (Å²) in [5.41, 5.74) is 2.09. The first-order valence-electron chi connectivity index (χ1n) is 5.70. The highest BCUT2D eigenvalue weighted by Crippen LogP contribution is 2.30. The molecule has 0 saturated heterocycles. The van der Waals surface area contributed by atoms with Crippen LogP contribution in [-0.2, 0) is 0 Å². The maximum Gasteiger partial charge on any atom is 0.185 e. The van der Waals surface area contributed by atoms with Gasteiger partial charge >= 0.3 is 0 Å². The van der Waals surface area contributed by atoms with Gasteiger partial charge in [0.2, 0.25) is 0 Å². The SMILES string of the molecule is Cc1oc(C)c(-c2n[nH]c(-c3cccs3)n2)c1C. The van der Waals surface area contributed by atoms with Crippen LogP contribution in [0, 0.1) is 20.8 Å². The highest BCUT2D eigenvalue weighted by atomic mass is 32.1. The molecule has 0 fully saturated rings. The number of aromatic amines is 1. The third-order valence-corrected chi connectivity index (χ3v) is 3.90. The number of nitrogens with zero attached hydrogens (tertiary/aromatic N) is 2. The van der Waals surface area contributed by atoms with Gasteiger partial charge in [0.15, 0.2) is 11.6 Å². The van der Waals surface area contributed by atoms with Gasteiger partial charge in [-0.3, -0.25) is 5.10 Å². The Morgan fingerprint density at radius 3 is 2.67 bits per heavy atom. The van der Waals surface area contributed by atoms with Crippen molar-refractivity contribution in [2.75, 3.05) is 0 Å². The average Bonchev–Trinajstić information content (AvgIpc) is 3.01. The molecule has 0 spiro atoms. The molecule has 4 nitrogen and oxygen atoms in total. The molecule has 18 heavy (non-hydrogen) atoms. The van der Waals surface area contributed by atoms with Gasteiger partial charge in [-0.25, -0.2) is 4.98 Å². The topological polar surface area (TPSA) is 54.7 Å². The molecule has 0 bridgehead atoms. The van der Waals surface area contributed by atoms with Crippen LogP contribution in [-0.4, -0.2) is 15.2 Å². The van der Waals surface area contributed by atoms with E-state index in [4.69, 9.17) is 4.42 Å². The second-order valence-corrected chi connectivity index (χ2v) is 5.15. The molecule has 0 saturated carbocycles. The molecule has 0 aliphatic heterocycles. The molecule has 0 aromatic carbocycles. The summed E-state index contributed by atoms with van der Waals surface area (Å²) >= 11 is 1.64. The van der Waals surface area contributed by atoms with Gasteiger partial charge in [0.05, 0.1) is 10.4 Å². The molecular formula is C13H13N3OS. The standard InChI is InChI=1S/C13H13N3OS/c1-7-8(2)17-9(3)11(7)13-14-12(15-16-13)10-5-4-6-18-10/h4-6H,1-3H3,(H,14,15,16). The van der Waals surface area contributed by atoms with E-state index in [1.54, 1.807) is 11.3 Å². The molecule has 92 valence electrons. The number of thiophene rings is 1. The number of aromatic nitrogens is 3. The van der Waals surface area contributed by atoms with Crippen molar-refractivity contribution in [1.82, 2.24) is 15.2 Å². The van der Waals surface area contributed by atoms with Crippen molar-refractivity contribution < 1.29 is 4.42 Å². The van der Waals surface area contributed by atoms with Gasteiger partial charge in [0.1, 0.15) is 11.5 Å². The highest BCUT2D eigenvalue weighted by molar-refractivity contribution is 7.13. The van der Waals surface area contributed by atoms with Crippen molar-refractivity contribution in [3.8, 4) is 22.1 Å². The Labute approximate surface area is 109 Å². The van der Waals surface area contributed by atoms with Crippen LogP contribution >= 0.6 is 11.3 Å². The fourth-order valence-electron chi connectivity index (χ4n) is 2.02. The van der Waals surface area contributed by atoms with E-state index >= 15 is 0 Å². The average molecular weight is 259 g/mol. The second kappa shape index (κ2) is 4.10. The normalized spacial score (nSPS) is 11.1. The Kier molecular flexibility index (Phi) is 2.56. The van der Waals surface area contributed by atoms with E-state index in [1.165, 1.54) is 0 Å². The van der Waals surface area contributed by atoms with Gasteiger partial charge in [-0.2, -0.15) is 5.10 Å². The van der Waals surface area contributed by atoms with Crippen molar-refractivity contribution in [2.24, 2.45) is 0 Å². The molecule has 0 unspecified atom stereocenters. The van der Waals surface area contributed by atoms with Crippen LogP contribution in [0.15, 0.2) is 21.9 Å². The summed E-state index contributed by atoms with van der Waals surface area (Å²) in [6.07, 6.45) is 0. The summed E-state index contributed by atoms with van der Waals surface area (Å²) in [5.74, 6) is 3.29. The summed E-state index contributed by atoms with van der Waals surface area (Å²) in [5, 5.41) is 9.29. The van der Waals surface area contributed by atoms with Crippen molar-refractivity contribution in [3.05, 3.63) is 34.6 Å².